The molecule has 3 N–H and O–H groups in total. The van der Waals surface area contributed by atoms with Gasteiger partial charge in [0.15, 0.2) is 5.75 Å². The average molecular weight is 618 g/mol. The SMILES string of the molecule is COc1ccc(-c2ccc(CN(C(=O)CCC(=O)NCc3ccccc3F)c3ccccc3Oc3cccc(CN)c3)cc2)cc1. The van der Waals surface area contributed by atoms with Crippen LogP contribution in [-0.2, 0) is 29.2 Å². The van der Waals surface area contributed by atoms with E-state index in [1.54, 1.807) is 36.3 Å². The molecular formula is C38H36FN3O4. The average Bonchev–Trinajstić information content (AvgIpc) is 3.10. The van der Waals surface area contributed by atoms with Crippen molar-refractivity contribution in [3.8, 4) is 28.4 Å². The smallest absolute Gasteiger partial charge is 0.227 e. The highest BCUT2D eigenvalue weighted by Gasteiger charge is 2.21. The molecule has 46 heavy (non-hydrogen) atoms. The van der Waals surface area contributed by atoms with Crippen molar-refractivity contribution in [1.82, 2.24) is 5.32 Å². The first-order valence-electron chi connectivity index (χ1n) is 15.0. The Kier molecular flexibility index (Phi) is 10.8. The summed E-state index contributed by atoms with van der Waals surface area (Å²) >= 11 is 0. The summed E-state index contributed by atoms with van der Waals surface area (Å²) in [6.07, 6.45) is -0.105. The zero-order valence-electron chi connectivity index (χ0n) is 25.6. The van der Waals surface area contributed by atoms with E-state index in [2.05, 4.69) is 5.32 Å². The Morgan fingerprint density at radius 2 is 1.46 bits per heavy atom. The molecule has 0 aliphatic heterocycles. The molecule has 0 saturated carbocycles. The van der Waals surface area contributed by atoms with Crippen molar-refractivity contribution in [2.45, 2.75) is 32.5 Å². The van der Waals surface area contributed by atoms with Gasteiger partial charge in [-0.25, -0.2) is 4.39 Å². The third-order valence-electron chi connectivity index (χ3n) is 7.54. The molecule has 2 amide bonds. The Morgan fingerprint density at radius 1 is 0.761 bits per heavy atom. The van der Waals surface area contributed by atoms with Crippen molar-refractivity contribution < 1.29 is 23.5 Å². The summed E-state index contributed by atoms with van der Waals surface area (Å²) in [6, 6.07) is 36.9. The number of amides is 2. The molecule has 0 atom stereocenters. The molecule has 0 unspecified atom stereocenters. The van der Waals surface area contributed by atoms with Crippen molar-refractivity contribution in [3.63, 3.8) is 0 Å². The highest BCUT2D eigenvalue weighted by Crippen LogP contribution is 2.34. The Labute approximate surface area is 268 Å². The van der Waals surface area contributed by atoms with E-state index in [1.807, 2.05) is 91.0 Å². The van der Waals surface area contributed by atoms with Crippen molar-refractivity contribution >= 4 is 17.5 Å². The largest absolute Gasteiger partial charge is 0.497 e. The number of nitrogens with zero attached hydrogens (tertiary/aromatic N) is 1. The van der Waals surface area contributed by atoms with Gasteiger partial charge in [0.2, 0.25) is 11.8 Å². The molecule has 0 fully saturated rings. The minimum absolute atomic E-state index is 0.0441. The maximum Gasteiger partial charge on any atom is 0.227 e. The summed E-state index contributed by atoms with van der Waals surface area (Å²) in [5.41, 5.74) is 10.7. The fourth-order valence-corrected chi connectivity index (χ4v) is 4.99. The van der Waals surface area contributed by atoms with Crippen LogP contribution in [0.25, 0.3) is 11.1 Å². The lowest BCUT2D eigenvalue weighted by Gasteiger charge is -2.25. The Hall–Kier alpha value is -5.47. The second-order valence-electron chi connectivity index (χ2n) is 10.7. The number of nitrogens with one attached hydrogen (secondary N) is 1. The highest BCUT2D eigenvalue weighted by atomic mass is 19.1. The predicted molar refractivity (Wildman–Crippen MR) is 178 cm³/mol. The van der Waals surface area contributed by atoms with E-state index in [0.717, 1.165) is 28.0 Å². The van der Waals surface area contributed by atoms with Crippen molar-refractivity contribution in [3.05, 3.63) is 144 Å². The van der Waals surface area contributed by atoms with Crippen LogP contribution in [0.5, 0.6) is 17.2 Å². The molecule has 0 saturated heterocycles. The molecule has 0 spiro atoms. The van der Waals surface area contributed by atoms with Crippen LogP contribution in [0.2, 0.25) is 0 Å². The lowest BCUT2D eigenvalue weighted by atomic mass is 10.0. The van der Waals surface area contributed by atoms with Crippen molar-refractivity contribution in [2.24, 2.45) is 5.73 Å². The van der Waals surface area contributed by atoms with Crippen LogP contribution in [0, 0.1) is 5.82 Å². The van der Waals surface area contributed by atoms with Gasteiger partial charge in [-0.3, -0.25) is 9.59 Å². The fraction of sp³-hybridized carbons (Fsp3) is 0.158. The molecule has 0 aromatic heterocycles. The minimum Gasteiger partial charge on any atom is -0.497 e. The van der Waals surface area contributed by atoms with E-state index < -0.39 is 5.82 Å². The first-order chi connectivity index (χ1) is 22.4. The highest BCUT2D eigenvalue weighted by molar-refractivity contribution is 5.96. The summed E-state index contributed by atoms with van der Waals surface area (Å²) in [6.45, 7) is 0.666. The number of benzene rings is 5. The van der Waals surface area contributed by atoms with Crippen LogP contribution in [0.3, 0.4) is 0 Å². The van der Waals surface area contributed by atoms with Gasteiger partial charge >= 0.3 is 0 Å². The van der Waals surface area contributed by atoms with E-state index in [1.165, 1.54) is 6.07 Å². The third kappa shape index (κ3) is 8.37. The van der Waals surface area contributed by atoms with Crippen LogP contribution in [0.4, 0.5) is 10.1 Å². The number of para-hydroxylation sites is 2. The second kappa shape index (κ2) is 15.5. The molecule has 0 bridgehead atoms. The van der Waals surface area contributed by atoms with Crippen molar-refractivity contribution in [2.75, 3.05) is 12.0 Å². The van der Waals surface area contributed by atoms with Crippen LogP contribution < -0.4 is 25.4 Å². The van der Waals surface area contributed by atoms with Crippen LogP contribution >= 0.6 is 0 Å². The molecule has 0 heterocycles. The van der Waals surface area contributed by atoms with Gasteiger partial charge in [-0.2, -0.15) is 0 Å². The maximum atomic E-state index is 14.0. The quantitative estimate of drug-likeness (QED) is 0.144. The van der Waals surface area contributed by atoms with Gasteiger partial charge in [0, 0.05) is 31.5 Å². The molecule has 7 nitrogen and oxygen atoms in total. The Bertz CT molecular complexity index is 1770. The lowest BCUT2D eigenvalue weighted by molar-refractivity contribution is -0.125. The van der Waals surface area contributed by atoms with E-state index in [-0.39, 0.29) is 37.7 Å². The van der Waals surface area contributed by atoms with E-state index >= 15 is 0 Å². The van der Waals surface area contributed by atoms with Gasteiger partial charge in [0.1, 0.15) is 17.3 Å². The van der Waals surface area contributed by atoms with Gasteiger partial charge in [-0.1, -0.05) is 78.9 Å². The number of halogens is 1. The van der Waals surface area contributed by atoms with Crippen LogP contribution in [0.15, 0.2) is 121 Å². The molecule has 234 valence electrons. The van der Waals surface area contributed by atoms with Gasteiger partial charge in [0.05, 0.1) is 19.3 Å². The molecular weight excluding hydrogens is 581 g/mol. The third-order valence-corrected chi connectivity index (χ3v) is 7.54. The molecule has 0 aliphatic carbocycles. The van der Waals surface area contributed by atoms with E-state index in [9.17, 15) is 14.0 Å². The fourth-order valence-electron chi connectivity index (χ4n) is 4.99. The molecule has 5 rings (SSSR count). The molecule has 8 heteroatoms. The minimum atomic E-state index is -0.392. The van der Waals surface area contributed by atoms with E-state index in [0.29, 0.717) is 29.3 Å². The summed E-state index contributed by atoms with van der Waals surface area (Å²) in [5.74, 6) is 0.876. The number of hydrogen-bond donors (Lipinski definition) is 2. The predicted octanol–water partition coefficient (Wildman–Crippen LogP) is 7.38. The van der Waals surface area contributed by atoms with Gasteiger partial charge in [-0.05, 0) is 64.7 Å². The number of hydrogen-bond acceptors (Lipinski definition) is 5. The lowest BCUT2D eigenvalue weighted by Crippen LogP contribution is -2.32. The molecule has 5 aromatic rings. The van der Waals surface area contributed by atoms with Gasteiger partial charge < -0.3 is 25.4 Å². The number of methoxy groups -OCH3 is 1. The van der Waals surface area contributed by atoms with Gasteiger partial charge in [0.25, 0.3) is 0 Å². The molecule has 0 aliphatic rings. The Balaban J connectivity index is 1.36. The Morgan fingerprint density at radius 3 is 2.17 bits per heavy atom. The zero-order chi connectivity index (χ0) is 32.3. The number of rotatable bonds is 13. The van der Waals surface area contributed by atoms with E-state index in [4.69, 9.17) is 15.2 Å². The van der Waals surface area contributed by atoms with Crippen molar-refractivity contribution in [1.29, 1.82) is 0 Å². The summed E-state index contributed by atoms with van der Waals surface area (Å²) in [4.78, 5) is 28.2. The zero-order valence-corrected chi connectivity index (χ0v) is 25.6. The first kappa shape index (κ1) is 31.9. The molecule has 5 aromatic carbocycles. The number of anilines is 1. The maximum absolute atomic E-state index is 14.0. The topological polar surface area (TPSA) is 93.9 Å². The normalized spacial score (nSPS) is 10.7. The summed E-state index contributed by atoms with van der Waals surface area (Å²) < 4.78 is 25.5. The standard InChI is InChI=1S/C38H36FN3O4/c1-45-32-19-17-30(18-20-32)29-15-13-27(14-16-29)26-42(38(44)22-21-37(43)41-25-31-8-2-3-10-34(31)39)35-11-4-5-12-36(35)46-33-9-6-7-28(23-33)24-40/h2-20,23H,21-22,24-26,40H2,1H3,(H,41,43). The number of carbonyl (C=O) groups is 2. The summed E-state index contributed by atoms with van der Waals surface area (Å²) in [5, 5.41) is 2.71. The van der Waals surface area contributed by atoms with Crippen LogP contribution in [0.1, 0.15) is 29.5 Å². The summed E-state index contributed by atoms with van der Waals surface area (Å²) in [7, 11) is 1.63. The molecule has 0 radical (unpaired) electrons. The second-order valence-corrected chi connectivity index (χ2v) is 10.7. The number of carbonyl (C=O) groups excluding carboxylic acids is 2. The van der Waals surface area contributed by atoms with Gasteiger partial charge in [-0.15, -0.1) is 0 Å². The van der Waals surface area contributed by atoms with Crippen LogP contribution in [-0.4, -0.2) is 18.9 Å². The monoisotopic (exact) mass is 617 g/mol. The first-order valence-corrected chi connectivity index (χ1v) is 15.0. The number of nitrogens with two attached hydrogens (primary N) is 1. The number of ether oxygens (including phenoxy) is 2.